The Bertz CT molecular complexity index is 772. The molecule has 0 saturated carbocycles. The number of ether oxygens (including phenoxy) is 1. The van der Waals surface area contributed by atoms with Gasteiger partial charge in [0.05, 0.1) is 5.56 Å². The van der Waals surface area contributed by atoms with Gasteiger partial charge in [-0.1, -0.05) is 18.2 Å². The highest BCUT2D eigenvalue weighted by atomic mass is 16.6. The number of aromatic amines is 1. The van der Waals surface area contributed by atoms with Crippen LogP contribution in [0.25, 0.3) is 10.9 Å². The number of pyridine rings is 1. The summed E-state index contributed by atoms with van der Waals surface area (Å²) in [5, 5.41) is 3.09. The number of rotatable bonds is 3. The maximum absolute atomic E-state index is 12.2. The number of amides is 1. The van der Waals surface area contributed by atoms with Crippen LogP contribution in [-0.4, -0.2) is 29.0 Å². The molecule has 116 valence electrons. The van der Waals surface area contributed by atoms with E-state index in [1.54, 1.807) is 45.0 Å². The van der Waals surface area contributed by atoms with Crippen LogP contribution in [0, 0.1) is 0 Å². The van der Waals surface area contributed by atoms with Crippen molar-refractivity contribution in [2.24, 2.45) is 0 Å². The summed E-state index contributed by atoms with van der Waals surface area (Å²) >= 11 is 0. The van der Waals surface area contributed by atoms with Crippen molar-refractivity contribution in [1.82, 2.24) is 10.3 Å². The second-order valence-corrected chi connectivity index (χ2v) is 5.86. The van der Waals surface area contributed by atoms with Crippen molar-refractivity contribution in [1.29, 1.82) is 0 Å². The Hall–Kier alpha value is -2.63. The summed E-state index contributed by atoms with van der Waals surface area (Å²) in [6.45, 7) is 4.99. The number of carbonyl (C=O) groups excluding carboxylic acids is 2. The van der Waals surface area contributed by atoms with Crippen LogP contribution < -0.4 is 10.9 Å². The quantitative estimate of drug-likeness (QED) is 0.843. The third-order valence-corrected chi connectivity index (χ3v) is 2.81. The molecule has 1 heterocycles. The van der Waals surface area contributed by atoms with E-state index in [-0.39, 0.29) is 17.7 Å². The molecule has 0 unspecified atom stereocenters. The number of hydrogen-bond donors (Lipinski definition) is 2. The molecular formula is C16H18N2O4. The van der Waals surface area contributed by atoms with Crippen LogP contribution in [0.3, 0.4) is 0 Å². The molecule has 6 heteroatoms. The Balaban J connectivity index is 2.17. The van der Waals surface area contributed by atoms with Gasteiger partial charge in [-0.2, -0.15) is 0 Å². The molecule has 0 aliphatic carbocycles. The molecule has 2 N–H and O–H groups in total. The summed E-state index contributed by atoms with van der Waals surface area (Å²) in [6.07, 6.45) is 0. The van der Waals surface area contributed by atoms with Crippen molar-refractivity contribution in [3.05, 3.63) is 46.2 Å². The molecular weight excluding hydrogens is 284 g/mol. The fraction of sp³-hybridized carbons (Fsp3) is 0.312. The van der Waals surface area contributed by atoms with Gasteiger partial charge in [0, 0.05) is 17.0 Å². The molecule has 1 aromatic heterocycles. The zero-order valence-corrected chi connectivity index (χ0v) is 12.7. The summed E-state index contributed by atoms with van der Waals surface area (Å²) in [6, 6.07) is 8.19. The van der Waals surface area contributed by atoms with Crippen molar-refractivity contribution >= 4 is 22.8 Å². The molecule has 0 aliphatic rings. The van der Waals surface area contributed by atoms with Gasteiger partial charge in [0.1, 0.15) is 12.1 Å². The molecule has 1 amide bonds. The summed E-state index contributed by atoms with van der Waals surface area (Å²) in [5.74, 6) is -1.02. The molecule has 6 nitrogen and oxygen atoms in total. The van der Waals surface area contributed by atoms with Gasteiger partial charge in [-0.05, 0) is 26.8 Å². The minimum atomic E-state index is -0.613. The Morgan fingerprint density at radius 3 is 2.59 bits per heavy atom. The average molecular weight is 302 g/mol. The number of aromatic nitrogens is 1. The Labute approximate surface area is 127 Å². The smallest absolute Gasteiger partial charge is 0.325 e. The van der Waals surface area contributed by atoms with Crippen molar-refractivity contribution in [2.75, 3.05) is 6.54 Å². The lowest BCUT2D eigenvalue weighted by atomic mass is 10.1. The normalized spacial score (nSPS) is 11.2. The van der Waals surface area contributed by atoms with E-state index in [9.17, 15) is 14.4 Å². The van der Waals surface area contributed by atoms with Crippen molar-refractivity contribution in [3.8, 4) is 0 Å². The van der Waals surface area contributed by atoms with Gasteiger partial charge in [0.2, 0.25) is 5.56 Å². The second kappa shape index (κ2) is 6.01. The number of carbonyl (C=O) groups is 2. The molecule has 0 saturated heterocycles. The van der Waals surface area contributed by atoms with E-state index < -0.39 is 17.5 Å². The minimum Gasteiger partial charge on any atom is -0.459 e. The summed E-state index contributed by atoms with van der Waals surface area (Å²) in [7, 11) is 0. The number of benzene rings is 1. The predicted molar refractivity (Wildman–Crippen MR) is 82.7 cm³/mol. The third kappa shape index (κ3) is 3.94. The molecule has 2 rings (SSSR count). The van der Waals surface area contributed by atoms with E-state index >= 15 is 0 Å². The first-order valence-electron chi connectivity index (χ1n) is 6.88. The molecule has 22 heavy (non-hydrogen) atoms. The Kier molecular flexibility index (Phi) is 4.30. The first-order valence-corrected chi connectivity index (χ1v) is 6.88. The number of nitrogens with one attached hydrogen (secondary N) is 2. The SMILES string of the molecule is CC(C)(C)OC(=O)CNC(=O)c1cc(=O)[nH]c2ccccc12. The van der Waals surface area contributed by atoms with E-state index in [0.717, 1.165) is 0 Å². The van der Waals surface area contributed by atoms with Crippen LogP contribution in [0.5, 0.6) is 0 Å². The monoisotopic (exact) mass is 302 g/mol. The zero-order chi connectivity index (χ0) is 16.3. The standard InChI is InChI=1S/C16H18N2O4/c1-16(2,3)22-14(20)9-17-15(21)11-8-13(19)18-12-7-5-4-6-10(11)12/h4-8H,9H2,1-3H3,(H,17,21)(H,18,19). The lowest BCUT2D eigenvalue weighted by molar-refractivity contribution is -0.153. The first kappa shape index (κ1) is 15.8. The molecule has 0 bridgehead atoms. The van der Waals surface area contributed by atoms with Gasteiger partial charge in [-0.3, -0.25) is 14.4 Å². The van der Waals surface area contributed by atoms with Gasteiger partial charge in [0.25, 0.3) is 5.91 Å². The minimum absolute atomic E-state index is 0.225. The number of para-hydroxylation sites is 1. The van der Waals surface area contributed by atoms with Gasteiger partial charge in [-0.15, -0.1) is 0 Å². The molecule has 2 aromatic rings. The van der Waals surface area contributed by atoms with Crippen molar-refractivity contribution in [2.45, 2.75) is 26.4 Å². The first-order chi connectivity index (χ1) is 10.3. The van der Waals surface area contributed by atoms with E-state index in [2.05, 4.69) is 10.3 Å². The molecule has 0 spiro atoms. The highest BCUT2D eigenvalue weighted by molar-refractivity contribution is 6.06. The molecule has 0 fully saturated rings. The Morgan fingerprint density at radius 2 is 1.91 bits per heavy atom. The fourth-order valence-corrected chi connectivity index (χ4v) is 2.02. The van der Waals surface area contributed by atoms with Crippen molar-refractivity contribution < 1.29 is 14.3 Å². The van der Waals surface area contributed by atoms with E-state index in [0.29, 0.717) is 10.9 Å². The highest BCUT2D eigenvalue weighted by Crippen LogP contribution is 2.14. The lowest BCUT2D eigenvalue weighted by Crippen LogP contribution is -2.35. The number of fused-ring (bicyclic) bond motifs is 1. The molecule has 0 atom stereocenters. The zero-order valence-electron chi connectivity index (χ0n) is 12.7. The van der Waals surface area contributed by atoms with Gasteiger partial charge < -0.3 is 15.0 Å². The van der Waals surface area contributed by atoms with Gasteiger partial charge >= 0.3 is 5.97 Å². The number of H-pyrrole nitrogens is 1. The van der Waals surface area contributed by atoms with E-state index in [4.69, 9.17) is 4.74 Å². The van der Waals surface area contributed by atoms with Gasteiger partial charge in [-0.25, -0.2) is 0 Å². The summed E-state index contributed by atoms with van der Waals surface area (Å²) in [5.41, 5.74) is -0.195. The highest BCUT2D eigenvalue weighted by Gasteiger charge is 2.18. The van der Waals surface area contributed by atoms with Crippen LogP contribution in [0.15, 0.2) is 35.1 Å². The van der Waals surface area contributed by atoms with Crippen molar-refractivity contribution in [3.63, 3.8) is 0 Å². The van der Waals surface area contributed by atoms with Crippen LogP contribution in [0.2, 0.25) is 0 Å². The molecule has 0 aliphatic heterocycles. The molecule has 1 aromatic carbocycles. The Morgan fingerprint density at radius 1 is 1.23 bits per heavy atom. The predicted octanol–water partition coefficient (Wildman–Crippen LogP) is 1.60. The maximum atomic E-state index is 12.2. The fourth-order valence-electron chi connectivity index (χ4n) is 2.02. The van der Waals surface area contributed by atoms with E-state index in [1.807, 2.05) is 0 Å². The largest absolute Gasteiger partial charge is 0.459 e. The van der Waals surface area contributed by atoms with Crippen LogP contribution in [0.4, 0.5) is 0 Å². The maximum Gasteiger partial charge on any atom is 0.325 e. The van der Waals surface area contributed by atoms with Crippen LogP contribution in [0.1, 0.15) is 31.1 Å². The summed E-state index contributed by atoms with van der Waals surface area (Å²) < 4.78 is 5.11. The topological polar surface area (TPSA) is 88.3 Å². The summed E-state index contributed by atoms with van der Waals surface area (Å²) in [4.78, 5) is 38.1. The van der Waals surface area contributed by atoms with Crippen LogP contribution in [-0.2, 0) is 9.53 Å². The lowest BCUT2D eigenvalue weighted by Gasteiger charge is -2.19. The third-order valence-electron chi connectivity index (χ3n) is 2.81. The second-order valence-electron chi connectivity index (χ2n) is 5.86. The van der Waals surface area contributed by atoms with E-state index in [1.165, 1.54) is 6.07 Å². The van der Waals surface area contributed by atoms with Gasteiger partial charge in [0.15, 0.2) is 0 Å². The average Bonchev–Trinajstić information content (AvgIpc) is 2.42. The number of hydrogen-bond acceptors (Lipinski definition) is 4. The molecule has 0 radical (unpaired) electrons. The van der Waals surface area contributed by atoms with Crippen LogP contribution >= 0.6 is 0 Å². The number of esters is 1.